The highest BCUT2D eigenvalue weighted by molar-refractivity contribution is 5.94. The maximum atomic E-state index is 12.0. The maximum Gasteiger partial charge on any atom is 0.342 e. The average Bonchev–Trinajstić information content (AvgIpc) is 2.52. The number of esters is 1. The van der Waals surface area contributed by atoms with Crippen molar-refractivity contribution in [2.75, 3.05) is 19.7 Å². The number of rotatable bonds is 4. The lowest BCUT2D eigenvalue weighted by atomic mass is 9.96. The van der Waals surface area contributed by atoms with Gasteiger partial charge in [-0.1, -0.05) is 6.07 Å². The van der Waals surface area contributed by atoms with Gasteiger partial charge in [-0.3, -0.25) is 9.59 Å². The molecular formula is C16H20N2O5. The lowest BCUT2D eigenvalue weighted by Gasteiger charge is -2.30. The van der Waals surface area contributed by atoms with Crippen molar-refractivity contribution in [3.8, 4) is 5.75 Å². The number of hydrogen-bond acceptors (Lipinski definition) is 5. The summed E-state index contributed by atoms with van der Waals surface area (Å²) in [7, 11) is 0. The molecule has 0 radical (unpaired) electrons. The van der Waals surface area contributed by atoms with Crippen LogP contribution >= 0.6 is 0 Å². The molecule has 0 aliphatic carbocycles. The van der Waals surface area contributed by atoms with E-state index in [1.807, 2.05) is 0 Å². The molecule has 1 aromatic carbocycles. The minimum atomic E-state index is -0.747. The molecule has 1 fully saturated rings. The highest BCUT2D eigenvalue weighted by Crippen LogP contribution is 2.20. The molecular weight excluding hydrogens is 300 g/mol. The van der Waals surface area contributed by atoms with E-state index in [1.165, 1.54) is 12.1 Å². The monoisotopic (exact) mass is 320 g/mol. The molecule has 1 saturated heterocycles. The van der Waals surface area contributed by atoms with Gasteiger partial charge in [0, 0.05) is 19.0 Å². The molecule has 1 aliphatic rings. The Morgan fingerprint density at radius 2 is 1.96 bits per heavy atom. The Kier molecular flexibility index (Phi) is 5.20. The molecule has 2 amide bonds. The maximum absolute atomic E-state index is 12.0. The average molecular weight is 320 g/mol. The quantitative estimate of drug-likeness (QED) is 0.789. The van der Waals surface area contributed by atoms with Crippen molar-refractivity contribution in [2.45, 2.75) is 19.8 Å². The summed E-state index contributed by atoms with van der Waals surface area (Å²) in [5, 5.41) is 9.72. The number of likely N-dealkylation sites (tertiary alicyclic amines) is 1. The first kappa shape index (κ1) is 16.8. The van der Waals surface area contributed by atoms with Gasteiger partial charge >= 0.3 is 5.97 Å². The molecule has 0 atom stereocenters. The number of aryl methyl sites for hydroxylation is 1. The van der Waals surface area contributed by atoms with E-state index < -0.39 is 12.6 Å². The molecule has 7 heteroatoms. The van der Waals surface area contributed by atoms with Gasteiger partial charge in [0.05, 0.1) is 0 Å². The molecule has 7 nitrogen and oxygen atoms in total. The van der Waals surface area contributed by atoms with E-state index in [-0.39, 0.29) is 29.0 Å². The predicted molar refractivity (Wildman–Crippen MR) is 81.6 cm³/mol. The van der Waals surface area contributed by atoms with Crippen molar-refractivity contribution >= 4 is 17.8 Å². The summed E-state index contributed by atoms with van der Waals surface area (Å²) in [6, 6.07) is 4.58. The normalized spacial score (nSPS) is 15.3. The minimum absolute atomic E-state index is 0.0239. The zero-order chi connectivity index (χ0) is 17.0. The third kappa shape index (κ3) is 4.21. The lowest BCUT2D eigenvalue weighted by Crippen LogP contribution is -2.43. The molecule has 3 N–H and O–H groups in total. The van der Waals surface area contributed by atoms with E-state index in [1.54, 1.807) is 17.9 Å². The Balaban J connectivity index is 1.85. The van der Waals surface area contributed by atoms with E-state index in [0.29, 0.717) is 25.9 Å². The summed E-state index contributed by atoms with van der Waals surface area (Å²) in [5.74, 6) is -1.80. The van der Waals surface area contributed by atoms with Crippen LogP contribution in [-0.2, 0) is 14.3 Å². The second-order valence-electron chi connectivity index (χ2n) is 5.65. The first-order chi connectivity index (χ1) is 10.9. The number of nitrogens with zero attached hydrogens (tertiary/aromatic N) is 1. The Morgan fingerprint density at radius 3 is 2.52 bits per heavy atom. The van der Waals surface area contributed by atoms with Crippen LogP contribution < -0.4 is 5.73 Å². The lowest BCUT2D eigenvalue weighted by molar-refractivity contribution is -0.137. The zero-order valence-corrected chi connectivity index (χ0v) is 12.9. The Labute approximate surface area is 134 Å². The number of carbonyl (C=O) groups is 3. The second kappa shape index (κ2) is 7.13. The van der Waals surface area contributed by atoms with Gasteiger partial charge in [0.1, 0.15) is 11.3 Å². The van der Waals surface area contributed by atoms with Crippen LogP contribution in [0.1, 0.15) is 28.8 Å². The van der Waals surface area contributed by atoms with Crippen LogP contribution in [0.15, 0.2) is 18.2 Å². The van der Waals surface area contributed by atoms with Crippen LogP contribution in [0.3, 0.4) is 0 Å². The van der Waals surface area contributed by atoms with Crippen LogP contribution in [0.2, 0.25) is 0 Å². The molecule has 0 aromatic heterocycles. The minimum Gasteiger partial charge on any atom is -0.507 e. The number of phenolic OH excluding ortho intramolecular Hbond substituents is 1. The van der Waals surface area contributed by atoms with Crippen LogP contribution in [0, 0.1) is 12.8 Å². The number of phenols is 1. The van der Waals surface area contributed by atoms with Crippen LogP contribution in [0.4, 0.5) is 0 Å². The second-order valence-corrected chi connectivity index (χ2v) is 5.65. The summed E-state index contributed by atoms with van der Waals surface area (Å²) in [5.41, 5.74) is 6.08. The number of ether oxygens (including phenoxy) is 1. The van der Waals surface area contributed by atoms with Crippen molar-refractivity contribution in [3.05, 3.63) is 29.3 Å². The smallest absolute Gasteiger partial charge is 0.342 e. The molecule has 0 unspecified atom stereocenters. The van der Waals surface area contributed by atoms with E-state index in [9.17, 15) is 19.5 Å². The van der Waals surface area contributed by atoms with E-state index >= 15 is 0 Å². The van der Waals surface area contributed by atoms with Crippen molar-refractivity contribution in [2.24, 2.45) is 11.7 Å². The molecule has 0 saturated carbocycles. The number of benzene rings is 1. The molecule has 2 rings (SSSR count). The number of aromatic hydroxyl groups is 1. The number of hydrogen-bond donors (Lipinski definition) is 2. The van der Waals surface area contributed by atoms with Crippen molar-refractivity contribution in [1.82, 2.24) is 4.90 Å². The highest BCUT2D eigenvalue weighted by atomic mass is 16.5. The Bertz CT molecular complexity index is 621. The van der Waals surface area contributed by atoms with E-state index in [4.69, 9.17) is 10.5 Å². The number of nitrogens with two attached hydrogens (primary N) is 1. The summed E-state index contributed by atoms with van der Waals surface area (Å²) in [6.07, 6.45) is 1.04. The van der Waals surface area contributed by atoms with Gasteiger partial charge in [-0.15, -0.1) is 0 Å². The van der Waals surface area contributed by atoms with Crippen molar-refractivity contribution in [1.29, 1.82) is 0 Å². The predicted octanol–water partition coefficient (Wildman–Crippen LogP) is 0.581. The first-order valence-corrected chi connectivity index (χ1v) is 7.42. The highest BCUT2D eigenvalue weighted by Gasteiger charge is 2.26. The fourth-order valence-electron chi connectivity index (χ4n) is 2.52. The largest absolute Gasteiger partial charge is 0.507 e. The van der Waals surface area contributed by atoms with Gasteiger partial charge in [-0.25, -0.2) is 4.79 Å². The zero-order valence-electron chi connectivity index (χ0n) is 12.9. The summed E-state index contributed by atoms with van der Waals surface area (Å²) in [6.45, 7) is 2.22. The first-order valence-electron chi connectivity index (χ1n) is 7.42. The molecule has 1 aromatic rings. The SMILES string of the molecule is Cc1ccc(C(=O)OCC(=O)N2CCC(C(N)=O)CC2)c(O)c1. The number of primary amides is 1. The summed E-state index contributed by atoms with van der Waals surface area (Å²) in [4.78, 5) is 36.5. The van der Waals surface area contributed by atoms with Crippen molar-refractivity contribution in [3.63, 3.8) is 0 Å². The summed E-state index contributed by atoms with van der Waals surface area (Å²) < 4.78 is 4.96. The third-order valence-corrected chi connectivity index (χ3v) is 3.95. The van der Waals surface area contributed by atoms with E-state index in [0.717, 1.165) is 5.56 Å². The fourth-order valence-corrected chi connectivity index (χ4v) is 2.52. The standard InChI is InChI=1S/C16H20N2O5/c1-10-2-3-12(13(19)8-10)16(22)23-9-14(20)18-6-4-11(5-7-18)15(17)21/h2-3,8,11,19H,4-7,9H2,1H3,(H2,17,21). The Hall–Kier alpha value is -2.57. The van der Waals surface area contributed by atoms with Gasteiger partial charge in [0.2, 0.25) is 5.91 Å². The topological polar surface area (TPSA) is 110 Å². The fraction of sp³-hybridized carbons (Fsp3) is 0.438. The van der Waals surface area contributed by atoms with Crippen LogP contribution in [0.25, 0.3) is 0 Å². The number of amides is 2. The molecule has 1 aliphatic heterocycles. The number of carbonyl (C=O) groups excluding carboxylic acids is 3. The van der Waals surface area contributed by atoms with Gasteiger partial charge in [-0.05, 0) is 37.5 Å². The van der Waals surface area contributed by atoms with Gasteiger partial charge in [0.25, 0.3) is 5.91 Å². The Morgan fingerprint density at radius 1 is 1.30 bits per heavy atom. The van der Waals surface area contributed by atoms with Crippen molar-refractivity contribution < 1.29 is 24.2 Å². The van der Waals surface area contributed by atoms with Crippen LogP contribution in [0.5, 0.6) is 5.75 Å². The van der Waals surface area contributed by atoms with Gasteiger partial charge < -0.3 is 20.5 Å². The molecule has 23 heavy (non-hydrogen) atoms. The van der Waals surface area contributed by atoms with Gasteiger partial charge in [-0.2, -0.15) is 0 Å². The molecule has 0 bridgehead atoms. The van der Waals surface area contributed by atoms with Gasteiger partial charge in [0.15, 0.2) is 6.61 Å². The van der Waals surface area contributed by atoms with E-state index in [2.05, 4.69) is 0 Å². The molecule has 124 valence electrons. The third-order valence-electron chi connectivity index (χ3n) is 3.95. The summed E-state index contributed by atoms with van der Waals surface area (Å²) >= 11 is 0. The number of piperidine rings is 1. The van der Waals surface area contributed by atoms with Crippen LogP contribution in [-0.4, -0.2) is 47.5 Å². The molecule has 0 spiro atoms. The molecule has 1 heterocycles.